The van der Waals surface area contributed by atoms with Crippen molar-refractivity contribution in [3.8, 4) is 0 Å². The van der Waals surface area contributed by atoms with Crippen molar-refractivity contribution in [3.05, 3.63) is 16.0 Å². The van der Waals surface area contributed by atoms with Crippen LogP contribution in [-0.2, 0) is 31.0 Å². The fourth-order valence-electron chi connectivity index (χ4n) is 3.50. The fourth-order valence-corrected chi connectivity index (χ4v) is 4.78. The molecule has 7 nitrogen and oxygen atoms in total. The van der Waals surface area contributed by atoms with Gasteiger partial charge in [0.05, 0.1) is 18.1 Å². The van der Waals surface area contributed by atoms with E-state index in [1.807, 2.05) is 13.8 Å². The largest absolute Gasteiger partial charge is 0.462 e. The van der Waals surface area contributed by atoms with Gasteiger partial charge in [0.2, 0.25) is 0 Å². The Bertz CT molecular complexity index is 780. The molecule has 1 aliphatic heterocycles. The lowest BCUT2D eigenvalue weighted by Crippen LogP contribution is -2.55. The Morgan fingerprint density at radius 2 is 1.82 bits per heavy atom. The molecule has 0 fully saturated rings. The molecule has 0 spiro atoms. The van der Waals surface area contributed by atoms with Crippen molar-refractivity contribution in [3.63, 3.8) is 0 Å². The lowest BCUT2D eigenvalue weighted by atomic mass is 9.81. The van der Waals surface area contributed by atoms with Gasteiger partial charge in [-0.05, 0) is 46.6 Å². The van der Waals surface area contributed by atoms with E-state index in [4.69, 9.17) is 9.47 Å². The molecule has 8 heteroatoms. The van der Waals surface area contributed by atoms with E-state index in [0.29, 0.717) is 17.0 Å². The van der Waals surface area contributed by atoms with Crippen LogP contribution in [0, 0.1) is 5.92 Å². The summed E-state index contributed by atoms with van der Waals surface area (Å²) >= 11 is 1.36. The second-order valence-corrected chi connectivity index (χ2v) is 9.48. The highest BCUT2D eigenvalue weighted by Gasteiger charge is 2.42. The monoisotopic (exact) mass is 410 g/mol. The molecule has 0 aromatic carbocycles. The highest BCUT2D eigenvalue weighted by atomic mass is 32.1. The highest BCUT2D eigenvalue weighted by Crippen LogP contribution is 2.45. The van der Waals surface area contributed by atoms with Crippen LogP contribution < -0.4 is 10.6 Å². The van der Waals surface area contributed by atoms with Gasteiger partial charge in [-0.2, -0.15) is 0 Å². The molecule has 0 radical (unpaired) electrons. The van der Waals surface area contributed by atoms with E-state index in [1.54, 1.807) is 20.8 Å². The summed E-state index contributed by atoms with van der Waals surface area (Å²) < 4.78 is 10.2. The Morgan fingerprint density at radius 3 is 2.39 bits per heavy atom. The van der Waals surface area contributed by atoms with Gasteiger partial charge in [-0.25, -0.2) is 4.79 Å². The van der Waals surface area contributed by atoms with E-state index in [-0.39, 0.29) is 23.6 Å². The van der Waals surface area contributed by atoms with Crippen LogP contribution in [0.3, 0.4) is 0 Å². The Morgan fingerprint density at radius 1 is 1.18 bits per heavy atom. The quantitative estimate of drug-likeness (QED) is 0.700. The smallest absolute Gasteiger partial charge is 0.341 e. The fraction of sp³-hybridized carbons (Fsp3) is 0.650. The number of nitrogens with one attached hydrogen (secondary N) is 2. The molecule has 0 atom stereocenters. The van der Waals surface area contributed by atoms with Gasteiger partial charge < -0.3 is 20.1 Å². The van der Waals surface area contributed by atoms with Gasteiger partial charge in [-0.15, -0.1) is 11.3 Å². The second kappa shape index (κ2) is 8.21. The number of amides is 1. The van der Waals surface area contributed by atoms with E-state index in [1.165, 1.54) is 11.3 Å². The van der Waals surface area contributed by atoms with E-state index >= 15 is 0 Å². The van der Waals surface area contributed by atoms with Crippen molar-refractivity contribution in [2.24, 2.45) is 5.92 Å². The normalized spacial score (nSPS) is 17.0. The number of hydrogen-bond acceptors (Lipinski definition) is 7. The van der Waals surface area contributed by atoms with Crippen molar-refractivity contribution in [1.82, 2.24) is 5.32 Å². The molecular formula is C20H30N2O5S. The van der Waals surface area contributed by atoms with Gasteiger partial charge in [-0.3, -0.25) is 9.59 Å². The standard InChI is InChI=1S/C20H30N2O5S/c1-8-26-18(25)14-12-9-19(4,5)22-20(6,7)15(12)28-16(14)21-13(23)10-27-17(24)11(2)3/h11,22H,8-10H2,1-7H3,(H,21,23). The summed E-state index contributed by atoms with van der Waals surface area (Å²) in [6, 6.07) is 0. The van der Waals surface area contributed by atoms with Crippen LogP contribution in [-0.4, -0.2) is 36.6 Å². The highest BCUT2D eigenvalue weighted by molar-refractivity contribution is 7.17. The Labute approximate surface area is 170 Å². The van der Waals surface area contributed by atoms with E-state index in [2.05, 4.69) is 24.5 Å². The molecular weight excluding hydrogens is 380 g/mol. The summed E-state index contributed by atoms with van der Waals surface area (Å²) in [5.74, 6) is -1.70. The minimum atomic E-state index is -0.483. The molecule has 1 amide bonds. The van der Waals surface area contributed by atoms with Gasteiger partial charge in [0.1, 0.15) is 5.00 Å². The average Bonchev–Trinajstić information content (AvgIpc) is 2.89. The summed E-state index contributed by atoms with van der Waals surface area (Å²) in [6.07, 6.45) is 0.634. The van der Waals surface area contributed by atoms with E-state index in [0.717, 1.165) is 10.4 Å². The first-order valence-electron chi connectivity index (χ1n) is 9.47. The maximum atomic E-state index is 12.7. The molecule has 0 saturated heterocycles. The first-order chi connectivity index (χ1) is 12.9. The van der Waals surface area contributed by atoms with Crippen molar-refractivity contribution < 1.29 is 23.9 Å². The SMILES string of the molecule is CCOC(=O)c1c(NC(=O)COC(=O)C(C)C)sc2c1CC(C)(C)NC2(C)C. The first-order valence-corrected chi connectivity index (χ1v) is 10.3. The Hall–Kier alpha value is -1.93. The summed E-state index contributed by atoms with van der Waals surface area (Å²) in [7, 11) is 0. The number of esters is 2. The third-order valence-corrected chi connectivity index (χ3v) is 5.86. The lowest BCUT2D eigenvalue weighted by molar-refractivity contribution is -0.150. The van der Waals surface area contributed by atoms with Crippen molar-refractivity contribution in [2.75, 3.05) is 18.5 Å². The third-order valence-electron chi connectivity index (χ3n) is 4.39. The van der Waals surface area contributed by atoms with Gasteiger partial charge in [0.25, 0.3) is 5.91 Å². The maximum absolute atomic E-state index is 12.7. The zero-order valence-corrected chi connectivity index (χ0v) is 18.5. The summed E-state index contributed by atoms with van der Waals surface area (Å²) in [6.45, 7) is 13.2. The molecule has 0 unspecified atom stereocenters. The molecule has 2 N–H and O–H groups in total. The number of hydrogen-bond donors (Lipinski definition) is 2. The minimum absolute atomic E-state index is 0.215. The Balaban J connectivity index is 2.36. The first kappa shape index (κ1) is 22.4. The molecule has 0 bridgehead atoms. The number of rotatable bonds is 6. The minimum Gasteiger partial charge on any atom is -0.462 e. The van der Waals surface area contributed by atoms with Crippen LogP contribution in [0.1, 0.15) is 69.3 Å². The van der Waals surface area contributed by atoms with Crippen LogP contribution in [0.4, 0.5) is 5.00 Å². The van der Waals surface area contributed by atoms with Crippen molar-refractivity contribution in [1.29, 1.82) is 0 Å². The number of carbonyl (C=O) groups is 3. The summed E-state index contributed by atoms with van der Waals surface area (Å²) in [5.41, 5.74) is 0.711. The van der Waals surface area contributed by atoms with Crippen LogP contribution in [0.5, 0.6) is 0 Å². The molecule has 1 aromatic rings. The number of fused-ring (bicyclic) bond motifs is 1. The van der Waals surface area contributed by atoms with Crippen LogP contribution in [0.25, 0.3) is 0 Å². The summed E-state index contributed by atoms with van der Waals surface area (Å²) in [4.78, 5) is 37.6. The average molecular weight is 411 g/mol. The van der Waals surface area contributed by atoms with Crippen molar-refractivity contribution >= 4 is 34.2 Å². The second-order valence-electron chi connectivity index (χ2n) is 8.46. The molecule has 0 aliphatic carbocycles. The topological polar surface area (TPSA) is 93.7 Å². The molecule has 156 valence electrons. The third kappa shape index (κ3) is 4.91. The molecule has 2 rings (SSSR count). The maximum Gasteiger partial charge on any atom is 0.341 e. The van der Waals surface area contributed by atoms with Gasteiger partial charge >= 0.3 is 11.9 Å². The zero-order valence-electron chi connectivity index (χ0n) is 17.6. The van der Waals surface area contributed by atoms with Crippen LogP contribution in [0.15, 0.2) is 0 Å². The number of carbonyl (C=O) groups excluding carboxylic acids is 3. The number of anilines is 1. The molecule has 28 heavy (non-hydrogen) atoms. The molecule has 1 aliphatic rings. The number of ether oxygens (including phenoxy) is 2. The predicted octanol–water partition coefficient (Wildman–Crippen LogP) is 3.22. The summed E-state index contributed by atoms with van der Waals surface area (Å²) in [5, 5.41) is 6.75. The Kier molecular flexibility index (Phi) is 6.55. The molecule has 0 saturated carbocycles. The molecule has 1 aromatic heterocycles. The van der Waals surface area contributed by atoms with Gasteiger partial charge in [0, 0.05) is 16.0 Å². The van der Waals surface area contributed by atoms with Gasteiger partial charge in [-0.1, -0.05) is 13.8 Å². The molecule has 2 heterocycles. The van der Waals surface area contributed by atoms with Crippen LogP contribution >= 0.6 is 11.3 Å². The van der Waals surface area contributed by atoms with Gasteiger partial charge in [0.15, 0.2) is 6.61 Å². The zero-order chi connectivity index (χ0) is 21.3. The number of thiophene rings is 1. The predicted molar refractivity (Wildman–Crippen MR) is 109 cm³/mol. The van der Waals surface area contributed by atoms with E-state index in [9.17, 15) is 14.4 Å². The van der Waals surface area contributed by atoms with Crippen LogP contribution in [0.2, 0.25) is 0 Å². The van der Waals surface area contributed by atoms with Crippen molar-refractivity contribution in [2.45, 2.75) is 66.0 Å². The lowest BCUT2D eigenvalue weighted by Gasteiger charge is -2.42. The van der Waals surface area contributed by atoms with E-state index < -0.39 is 24.5 Å².